The number of thiophene rings is 1. The number of nitriles is 2. The molecule has 45 heavy (non-hydrogen) atoms. The van der Waals surface area contributed by atoms with Crippen LogP contribution >= 0.6 is 22.9 Å². The maximum absolute atomic E-state index is 16.9. The van der Waals surface area contributed by atoms with Gasteiger partial charge in [-0.05, 0) is 56.3 Å². The summed E-state index contributed by atoms with van der Waals surface area (Å²) in [6.07, 6.45) is 3.25. The lowest BCUT2D eigenvalue weighted by Gasteiger charge is -2.31. The summed E-state index contributed by atoms with van der Waals surface area (Å²) in [5, 5.41) is 20.1. The highest BCUT2D eigenvalue weighted by Gasteiger charge is 2.49. The van der Waals surface area contributed by atoms with E-state index in [1.165, 1.54) is 12.1 Å². The molecule has 0 aliphatic carbocycles. The third kappa shape index (κ3) is 5.00. The van der Waals surface area contributed by atoms with Crippen LogP contribution in [0.2, 0.25) is 5.02 Å². The molecule has 13 heteroatoms. The number of anilines is 2. The van der Waals surface area contributed by atoms with Crippen molar-refractivity contribution in [2.24, 2.45) is 5.92 Å². The summed E-state index contributed by atoms with van der Waals surface area (Å²) in [5.74, 6) is -1.02. The van der Waals surface area contributed by atoms with Gasteiger partial charge in [-0.1, -0.05) is 17.7 Å². The molecular weight excluding hydrogens is 623 g/mol. The number of benzene rings is 2. The Balaban J connectivity index is 1.39. The van der Waals surface area contributed by atoms with Crippen LogP contribution in [0.15, 0.2) is 18.2 Å². The van der Waals surface area contributed by atoms with E-state index in [9.17, 15) is 19.3 Å². The molecule has 3 aliphatic rings. The standard InChI is InChI=1S/C32H29ClF3N7OS/c33-22-11-20-27(26(36)25(22)19-4-5-23(35)28-24(19)21(14-38)29(39)45-28)40-31(41-30(20)42-8-1-3-17(13-37)6-10-42)44-16-32-7-2-9-43(32)15-18(34)12-32/h4-5,11,17-18H,1-3,6-10,12,15-16,39H2/t17?,18-,32+/m1/s1. The van der Waals surface area contributed by atoms with Gasteiger partial charge in [0.25, 0.3) is 0 Å². The van der Waals surface area contributed by atoms with Gasteiger partial charge in [0, 0.05) is 48.3 Å². The van der Waals surface area contributed by atoms with E-state index < -0.39 is 23.3 Å². The largest absolute Gasteiger partial charge is 0.461 e. The van der Waals surface area contributed by atoms with E-state index in [4.69, 9.17) is 27.1 Å². The van der Waals surface area contributed by atoms with Crippen molar-refractivity contribution in [3.63, 3.8) is 0 Å². The van der Waals surface area contributed by atoms with Gasteiger partial charge in [0.2, 0.25) is 0 Å². The predicted octanol–water partition coefficient (Wildman–Crippen LogP) is 6.98. The first-order valence-corrected chi connectivity index (χ1v) is 16.2. The Morgan fingerprint density at radius 2 is 2.00 bits per heavy atom. The summed E-state index contributed by atoms with van der Waals surface area (Å²) in [7, 11) is 0. The number of hydrogen-bond donors (Lipinski definition) is 1. The molecule has 5 heterocycles. The minimum atomic E-state index is -0.939. The average molecular weight is 652 g/mol. The van der Waals surface area contributed by atoms with Crippen molar-refractivity contribution in [2.75, 3.05) is 43.4 Å². The SMILES string of the molecule is N#Cc1c(N)sc2c(F)ccc(-c3c(Cl)cc4c(N5CCCC(C#N)CC5)nc(OC[C@@]56CCCN5C[C@H](F)C6)nc4c3F)c12. The fourth-order valence-corrected chi connectivity index (χ4v) is 8.55. The van der Waals surface area contributed by atoms with Crippen LogP contribution in [0.4, 0.5) is 24.0 Å². The van der Waals surface area contributed by atoms with Crippen molar-refractivity contribution in [1.82, 2.24) is 14.9 Å². The quantitative estimate of drug-likeness (QED) is 0.246. The topological polar surface area (TPSA) is 115 Å². The summed E-state index contributed by atoms with van der Waals surface area (Å²) >= 11 is 7.72. The van der Waals surface area contributed by atoms with Gasteiger partial charge >= 0.3 is 6.01 Å². The molecular formula is C32H29ClF3N7OS. The molecule has 2 aromatic heterocycles. The lowest BCUT2D eigenvalue weighted by molar-refractivity contribution is 0.107. The van der Waals surface area contributed by atoms with Crippen LogP contribution in [0.3, 0.4) is 0 Å². The van der Waals surface area contributed by atoms with E-state index in [1.807, 2.05) is 11.0 Å². The van der Waals surface area contributed by atoms with Gasteiger partial charge in [-0.25, -0.2) is 13.2 Å². The van der Waals surface area contributed by atoms with Crippen LogP contribution in [0.1, 0.15) is 44.1 Å². The highest BCUT2D eigenvalue weighted by Crippen LogP contribution is 2.46. The van der Waals surface area contributed by atoms with E-state index in [-0.39, 0.29) is 60.9 Å². The highest BCUT2D eigenvalue weighted by molar-refractivity contribution is 7.23. The molecule has 0 saturated carbocycles. The Hall–Kier alpha value is -3.84. The van der Waals surface area contributed by atoms with E-state index in [1.54, 1.807) is 6.07 Å². The second kappa shape index (κ2) is 11.5. The van der Waals surface area contributed by atoms with Gasteiger partial charge in [-0.2, -0.15) is 20.5 Å². The summed E-state index contributed by atoms with van der Waals surface area (Å²) in [6.45, 7) is 2.42. The van der Waals surface area contributed by atoms with Crippen LogP contribution in [-0.2, 0) is 0 Å². The first kappa shape index (κ1) is 29.8. The smallest absolute Gasteiger partial charge is 0.319 e. The molecule has 4 aromatic rings. The molecule has 8 nitrogen and oxygen atoms in total. The first-order chi connectivity index (χ1) is 21.7. The number of hydrogen-bond acceptors (Lipinski definition) is 9. The lowest BCUT2D eigenvalue weighted by atomic mass is 9.95. The molecule has 0 amide bonds. The number of alkyl halides is 1. The Morgan fingerprint density at radius 1 is 1.16 bits per heavy atom. The van der Waals surface area contributed by atoms with E-state index >= 15 is 4.39 Å². The van der Waals surface area contributed by atoms with E-state index in [0.717, 1.165) is 43.6 Å². The molecule has 7 rings (SSSR count). The normalized spacial score (nSPS) is 23.6. The minimum absolute atomic E-state index is 0.0326. The number of nitrogens with two attached hydrogens (primary N) is 1. The molecule has 2 aromatic carbocycles. The number of nitrogen functional groups attached to an aromatic ring is 1. The first-order valence-electron chi connectivity index (χ1n) is 15.0. The second-order valence-corrected chi connectivity index (χ2v) is 13.6. The van der Waals surface area contributed by atoms with Crippen LogP contribution in [0, 0.1) is 40.2 Å². The molecule has 3 fully saturated rings. The Labute approximate surface area is 266 Å². The van der Waals surface area contributed by atoms with E-state index in [0.29, 0.717) is 43.7 Å². The Morgan fingerprint density at radius 3 is 2.80 bits per heavy atom. The van der Waals surface area contributed by atoms with Crippen molar-refractivity contribution in [3.05, 3.63) is 40.4 Å². The maximum Gasteiger partial charge on any atom is 0.319 e. The van der Waals surface area contributed by atoms with Crippen molar-refractivity contribution < 1.29 is 17.9 Å². The number of fused-ring (bicyclic) bond motifs is 3. The average Bonchev–Trinajstić information content (AvgIpc) is 3.59. The van der Waals surface area contributed by atoms with Gasteiger partial charge in [-0.15, -0.1) is 11.3 Å². The summed E-state index contributed by atoms with van der Waals surface area (Å²) in [4.78, 5) is 13.4. The zero-order valence-corrected chi connectivity index (χ0v) is 25.8. The van der Waals surface area contributed by atoms with Crippen molar-refractivity contribution in [1.29, 1.82) is 10.5 Å². The molecule has 0 spiro atoms. The second-order valence-electron chi connectivity index (χ2n) is 12.1. The van der Waals surface area contributed by atoms with Crippen molar-refractivity contribution in [3.8, 4) is 29.3 Å². The van der Waals surface area contributed by atoms with Crippen LogP contribution < -0.4 is 15.4 Å². The minimum Gasteiger partial charge on any atom is -0.461 e. The number of ether oxygens (including phenoxy) is 1. The summed E-state index contributed by atoms with van der Waals surface area (Å²) in [5.41, 5.74) is 5.75. The Kier molecular flexibility index (Phi) is 7.63. The molecule has 2 N–H and O–H groups in total. The molecule has 0 radical (unpaired) electrons. The number of nitrogens with zero attached hydrogens (tertiary/aromatic N) is 6. The molecule has 3 atom stereocenters. The van der Waals surface area contributed by atoms with Crippen LogP contribution in [0.5, 0.6) is 6.01 Å². The zero-order chi connectivity index (χ0) is 31.5. The Bertz CT molecular complexity index is 1920. The van der Waals surface area contributed by atoms with Crippen LogP contribution in [-0.4, -0.2) is 59.4 Å². The van der Waals surface area contributed by atoms with Crippen molar-refractivity contribution >= 4 is 54.7 Å². The fourth-order valence-electron chi connectivity index (χ4n) is 7.31. The van der Waals surface area contributed by atoms with Gasteiger partial charge < -0.3 is 15.4 Å². The third-order valence-electron chi connectivity index (χ3n) is 9.48. The summed E-state index contributed by atoms with van der Waals surface area (Å²) < 4.78 is 52.5. The maximum atomic E-state index is 16.9. The zero-order valence-electron chi connectivity index (χ0n) is 24.3. The molecule has 3 saturated heterocycles. The van der Waals surface area contributed by atoms with Gasteiger partial charge in [0.15, 0.2) is 5.82 Å². The fraction of sp³-hybridized carbons (Fsp3) is 0.438. The molecule has 1 unspecified atom stereocenters. The number of aromatic nitrogens is 2. The third-order valence-corrected chi connectivity index (χ3v) is 10.8. The highest BCUT2D eigenvalue weighted by atomic mass is 35.5. The van der Waals surface area contributed by atoms with E-state index in [2.05, 4.69) is 16.0 Å². The van der Waals surface area contributed by atoms with Gasteiger partial charge in [-0.3, -0.25) is 4.90 Å². The van der Waals surface area contributed by atoms with Crippen LogP contribution in [0.25, 0.3) is 32.1 Å². The molecule has 232 valence electrons. The monoisotopic (exact) mass is 651 g/mol. The lowest BCUT2D eigenvalue weighted by Crippen LogP contribution is -2.43. The molecule has 0 bridgehead atoms. The predicted molar refractivity (Wildman–Crippen MR) is 168 cm³/mol. The summed E-state index contributed by atoms with van der Waals surface area (Å²) in [6, 6.07) is 8.50. The number of halogens is 4. The van der Waals surface area contributed by atoms with Gasteiger partial charge in [0.05, 0.1) is 26.9 Å². The number of rotatable bonds is 5. The van der Waals surface area contributed by atoms with Crippen molar-refractivity contribution in [2.45, 2.75) is 50.2 Å². The molecule has 3 aliphatic heterocycles. The van der Waals surface area contributed by atoms with Gasteiger partial charge in [0.1, 0.15) is 41.0 Å².